The largest absolute Gasteiger partial charge is 0.384 e. The minimum atomic E-state index is 0.471. The number of hydrogen-bond acceptors (Lipinski definition) is 5. The molecule has 0 aliphatic rings. The number of rotatable bonds is 2. The van der Waals surface area contributed by atoms with Crippen molar-refractivity contribution in [1.82, 2.24) is 9.97 Å². The highest BCUT2D eigenvalue weighted by molar-refractivity contribution is 7.13. The molecule has 0 atom stereocenters. The summed E-state index contributed by atoms with van der Waals surface area (Å²) in [5.74, 6) is 0.518. The average molecular weight is 206 g/mol. The lowest BCUT2D eigenvalue weighted by atomic mass is 10.3. The number of pyridine rings is 1. The highest BCUT2D eigenvalue weighted by Gasteiger charge is 2.03. The Hall–Kier alpha value is -1.46. The van der Waals surface area contributed by atoms with Crippen LogP contribution in [0.3, 0.4) is 0 Å². The molecule has 0 aliphatic heterocycles. The molecule has 0 radical (unpaired) electrons. The van der Waals surface area contributed by atoms with Crippen LogP contribution in [0.5, 0.6) is 0 Å². The Morgan fingerprint density at radius 2 is 2.21 bits per heavy atom. The number of nitrogen functional groups attached to an aromatic ring is 1. The third kappa shape index (κ3) is 1.73. The number of thiazole rings is 1. The van der Waals surface area contributed by atoms with Crippen molar-refractivity contribution >= 4 is 17.2 Å². The van der Waals surface area contributed by atoms with Crippen LogP contribution in [0, 0.1) is 0 Å². The molecule has 4 N–H and O–H groups in total. The molecule has 0 aliphatic carbocycles. The molecule has 0 fully saturated rings. The summed E-state index contributed by atoms with van der Waals surface area (Å²) in [4.78, 5) is 8.35. The Morgan fingerprint density at radius 1 is 1.36 bits per heavy atom. The van der Waals surface area contributed by atoms with Gasteiger partial charge in [0, 0.05) is 23.7 Å². The van der Waals surface area contributed by atoms with E-state index < -0.39 is 0 Å². The summed E-state index contributed by atoms with van der Waals surface area (Å²) in [5, 5.41) is 2.88. The van der Waals surface area contributed by atoms with Crippen LogP contribution in [-0.2, 0) is 6.54 Å². The van der Waals surface area contributed by atoms with Gasteiger partial charge in [-0.25, -0.2) is 9.97 Å². The minimum Gasteiger partial charge on any atom is -0.384 e. The summed E-state index contributed by atoms with van der Waals surface area (Å²) in [6, 6.07) is 3.67. The van der Waals surface area contributed by atoms with Gasteiger partial charge in [-0.2, -0.15) is 0 Å². The third-order valence-electron chi connectivity index (χ3n) is 1.79. The van der Waals surface area contributed by atoms with E-state index in [9.17, 15) is 0 Å². The first-order chi connectivity index (χ1) is 6.79. The van der Waals surface area contributed by atoms with Crippen molar-refractivity contribution in [3.8, 4) is 10.6 Å². The number of aromatic nitrogens is 2. The topological polar surface area (TPSA) is 77.8 Å². The molecule has 0 bridgehead atoms. The minimum absolute atomic E-state index is 0.471. The lowest BCUT2D eigenvalue weighted by Crippen LogP contribution is -1.95. The monoisotopic (exact) mass is 206 g/mol. The molecule has 0 unspecified atom stereocenters. The molecular formula is C9H10N4S. The van der Waals surface area contributed by atoms with Crippen molar-refractivity contribution in [3.63, 3.8) is 0 Å². The maximum Gasteiger partial charge on any atom is 0.125 e. The molecule has 2 aromatic heterocycles. The fraction of sp³-hybridized carbons (Fsp3) is 0.111. The van der Waals surface area contributed by atoms with Gasteiger partial charge >= 0.3 is 0 Å². The average Bonchev–Trinajstić information content (AvgIpc) is 2.67. The van der Waals surface area contributed by atoms with Crippen molar-refractivity contribution in [3.05, 3.63) is 29.4 Å². The quantitative estimate of drug-likeness (QED) is 0.775. The SMILES string of the molecule is NCc1csc(-c2ccc(N)nc2)n1. The van der Waals surface area contributed by atoms with Gasteiger partial charge < -0.3 is 11.5 Å². The Kier molecular flexibility index (Phi) is 2.43. The fourth-order valence-electron chi connectivity index (χ4n) is 1.07. The highest BCUT2D eigenvalue weighted by Crippen LogP contribution is 2.22. The lowest BCUT2D eigenvalue weighted by molar-refractivity contribution is 1.01. The van der Waals surface area contributed by atoms with Gasteiger partial charge in [-0.05, 0) is 12.1 Å². The molecule has 0 saturated heterocycles. The van der Waals surface area contributed by atoms with Gasteiger partial charge in [0.2, 0.25) is 0 Å². The number of anilines is 1. The van der Waals surface area contributed by atoms with E-state index in [0.29, 0.717) is 12.4 Å². The van der Waals surface area contributed by atoms with E-state index in [2.05, 4.69) is 9.97 Å². The smallest absolute Gasteiger partial charge is 0.125 e. The molecule has 4 nitrogen and oxygen atoms in total. The van der Waals surface area contributed by atoms with Crippen molar-refractivity contribution in [1.29, 1.82) is 0 Å². The highest BCUT2D eigenvalue weighted by atomic mass is 32.1. The predicted molar refractivity (Wildman–Crippen MR) is 57.6 cm³/mol. The Labute approximate surface area is 85.6 Å². The second-order valence-corrected chi connectivity index (χ2v) is 3.68. The summed E-state index contributed by atoms with van der Waals surface area (Å²) in [6.07, 6.45) is 1.72. The van der Waals surface area contributed by atoms with Crippen molar-refractivity contribution in [2.24, 2.45) is 5.73 Å². The lowest BCUT2D eigenvalue weighted by Gasteiger charge is -1.95. The molecule has 0 amide bonds. The Morgan fingerprint density at radius 3 is 2.79 bits per heavy atom. The van der Waals surface area contributed by atoms with Gasteiger partial charge in [-0.15, -0.1) is 11.3 Å². The molecule has 14 heavy (non-hydrogen) atoms. The number of hydrogen-bond donors (Lipinski definition) is 2. The number of nitrogens with zero attached hydrogens (tertiary/aromatic N) is 2. The van der Waals surface area contributed by atoms with Crippen LogP contribution in [-0.4, -0.2) is 9.97 Å². The van der Waals surface area contributed by atoms with E-state index in [-0.39, 0.29) is 0 Å². The maximum atomic E-state index is 5.49. The molecule has 0 saturated carbocycles. The van der Waals surface area contributed by atoms with Crippen LogP contribution in [0.4, 0.5) is 5.82 Å². The van der Waals surface area contributed by atoms with Gasteiger partial charge in [0.15, 0.2) is 0 Å². The zero-order chi connectivity index (χ0) is 9.97. The normalized spacial score (nSPS) is 10.4. The molecule has 0 aromatic carbocycles. The fourth-order valence-corrected chi connectivity index (χ4v) is 1.89. The van der Waals surface area contributed by atoms with Crippen LogP contribution < -0.4 is 11.5 Å². The van der Waals surface area contributed by atoms with Gasteiger partial charge in [-0.3, -0.25) is 0 Å². The molecule has 2 rings (SSSR count). The third-order valence-corrected chi connectivity index (χ3v) is 2.73. The Balaban J connectivity index is 2.34. The van der Waals surface area contributed by atoms with E-state index in [1.807, 2.05) is 11.4 Å². The van der Waals surface area contributed by atoms with Crippen LogP contribution in [0.1, 0.15) is 5.69 Å². The van der Waals surface area contributed by atoms with Crippen LogP contribution in [0.25, 0.3) is 10.6 Å². The van der Waals surface area contributed by atoms with E-state index in [1.165, 1.54) is 0 Å². The zero-order valence-electron chi connectivity index (χ0n) is 7.47. The maximum absolute atomic E-state index is 5.49. The van der Waals surface area contributed by atoms with E-state index in [0.717, 1.165) is 16.3 Å². The van der Waals surface area contributed by atoms with Gasteiger partial charge in [0.1, 0.15) is 10.8 Å². The van der Waals surface area contributed by atoms with Gasteiger partial charge in [0.25, 0.3) is 0 Å². The van der Waals surface area contributed by atoms with Gasteiger partial charge in [-0.1, -0.05) is 0 Å². The molecule has 2 aromatic rings. The van der Waals surface area contributed by atoms with Crippen LogP contribution >= 0.6 is 11.3 Å². The zero-order valence-corrected chi connectivity index (χ0v) is 8.29. The summed E-state index contributed by atoms with van der Waals surface area (Å²) in [7, 11) is 0. The van der Waals surface area contributed by atoms with Gasteiger partial charge in [0.05, 0.1) is 5.69 Å². The molecule has 0 spiro atoms. The summed E-state index contributed by atoms with van der Waals surface area (Å²) >= 11 is 1.56. The van der Waals surface area contributed by atoms with E-state index in [1.54, 1.807) is 23.6 Å². The van der Waals surface area contributed by atoms with Crippen LogP contribution in [0.2, 0.25) is 0 Å². The Bertz CT molecular complexity index is 421. The molecular weight excluding hydrogens is 196 g/mol. The second-order valence-electron chi connectivity index (χ2n) is 2.82. The molecule has 72 valence electrons. The first kappa shape index (κ1) is 9.11. The van der Waals surface area contributed by atoms with Crippen molar-refractivity contribution in [2.45, 2.75) is 6.54 Å². The first-order valence-electron chi connectivity index (χ1n) is 4.16. The first-order valence-corrected chi connectivity index (χ1v) is 5.04. The number of nitrogens with two attached hydrogens (primary N) is 2. The predicted octanol–water partition coefficient (Wildman–Crippen LogP) is 1.25. The summed E-state index contributed by atoms with van der Waals surface area (Å²) < 4.78 is 0. The van der Waals surface area contributed by atoms with E-state index >= 15 is 0 Å². The molecule has 5 heteroatoms. The summed E-state index contributed by atoms with van der Waals surface area (Å²) in [6.45, 7) is 0.471. The van der Waals surface area contributed by atoms with E-state index in [4.69, 9.17) is 11.5 Å². The molecule has 2 heterocycles. The second kappa shape index (κ2) is 3.73. The van der Waals surface area contributed by atoms with Crippen molar-refractivity contribution in [2.75, 3.05) is 5.73 Å². The van der Waals surface area contributed by atoms with Crippen LogP contribution in [0.15, 0.2) is 23.7 Å². The standard InChI is InChI=1S/C9H10N4S/c10-3-7-5-14-9(13-7)6-1-2-8(11)12-4-6/h1-2,4-5H,3,10H2,(H2,11,12). The van der Waals surface area contributed by atoms with Crippen molar-refractivity contribution < 1.29 is 0 Å². The summed E-state index contributed by atoms with van der Waals surface area (Å²) in [5.41, 5.74) is 12.8.